The molecular formula is C19H22BNO6. The molecule has 1 aliphatic heterocycles. The number of nitrogens with zero attached hydrogens (tertiary/aromatic N) is 1. The summed E-state index contributed by atoms with van der Waals surface area (Å²) in [4.78, 5) is 10.3. The van der Waals surface area contributed by atoms with Gasteiger partial charge in [-0.25, -0.2) is 0 Å². The van der Waals surface area contributed by atoms with E-state index < -0.39 is 18.1 Å². The van der Waals surface area contributed by atoms with Crippen LogP contribution >= 0.6 is 0 Å². The molecule has 0 saturated heterocycles. The molecule has 3 rings (SSSR count). The molecule has 0 amide bonds. The summed E-state index contributed by atoms with van der Waals surface area (Å²) in [5.41, 5.74) is 2.25. The third kappa shape index (κ3) is 5.29. The fraction of sp³-hybridized carbons (Fsp3) is 0.368. The Bertz CT molecular complexity index is 757. The van der Waals surface area contributed by atoms with Gasteiger partial charge in [0.1, 0.15) is 11.9 Å². The van der Waals surface area contributed by atoms with Crippen molar-refractivity contribution in [2.24, 2.45) is 0 Å². The van der Waals surface area contributed by atoms with Crippen molar-refractivity contribution in [2.75, 3.05) is 19.8 Å². The van der Waals surface area contributed by atoms with Gasteiger partial charge in [-0.05, 0) is 30.0 Å². The van der Waals surface area contributed by atoms with Crippen LogP contribution in [0, 0.1) is 10.1 Å². The van der Waals surface area contributed by atoms with Gasteiger partial charge < -0.3 is 19.2 Å². The lowest BCUT2D eigenvalue weighted by Crippen LogP contribution is -2.30. The summed E-state index contributed by atoms with van der Waals surface area (Å²) in [5.74, 6) is 0.510. The van der Waals surface area contributed by atoms with E-state index in [1.807, 2.05) is 30.3 Å². The molecule has 8 heteroatoms. The van der Waals surface area contributed by atoms with Crippen molar-refractivity contribution in [3.05, 3.63) is 69.8 Å². The summed E-state index contributed by atoms with van der Waals surface area (Å²) in [6.07, 6.45) is 0.901. The first-order valence-electron chi connectivity index (χ1n) is 8.97. The van der Waals surface area contributed by atoms with Gasteiger partial charge in [-0.1, -0.05) is 42.5 Å². The minimum atomic E-state index is -1.20. The van der Waals surface area contributed by atoms with Crippen LogP contribution in [0.1, 0.15) is 30.1 Å². The molecule has 27 heavy (non-hydrogen) atoms. The molecule has 2 aromatic carbocycles. The maximum atomic E-state index is 10.7. The standard InChI is InChI=1S/C19H22BNO6/c22-20-19-16(18(27-20)13-21(23)24)9-6-10-17(19)26-12-5-4-11-25-14-15-7-2-1-3-8-15/h1-3,6-10,18,22H,4-5,11-14H2. The van der Waals surface area contributed by atoms with Gasteiger partial charge in [0.15, 0.2) is 0 Å². The number of unbranched alkanes of at least 4 members (excludes halogenated alkanes) is 1. The zero-order chi connectivity index (χ0) is 19.1. The Labute approximate surface area is 158 Å². The van der Waals surface area contributed by atoms with E-state index in [9.17, 15) is 15.1 Å². The van der Waals surface area contributed by atoms with E-state index in [1.165, 1.54) is 0 Å². The minimum absolute atomic E-state index is 0.383. The zero-order valence-electron chi connectivity index (χ0n) is 15.0. The topological polar surface area (TPSA) is 91.1 Å². The van der Waals surface area contributed by atoms with Gasteiger partial charge in [0.25, 0.3) is 0 Å². The lowest BCUT2D eigenvalue weighted by molar-refractivity contribution is -0.490. The van der Waals surface area contributed by atoms with Gasteiger partial charge in [-0.2, -0.15) is 0 Å². The molecule has 0 radical (unpaired) electrons. The van der Waals surface area contributed by atoms with Gasteiger partial charge in [-0.3, -0.25) is 10.1 Å². The van der Waals surface area contributed by atoms with Crippen molar-refractivity contribution in [3.8, 4) is 5.75 Å². The highest BCUT2D eigenvalue weighted by atomic mass is 16.6. The van der Waals surface area contributed by atoms with Crippen LogP contribution in [0.2, 0.25) is 0 Å². The highest BCUT2D eigenvalue weighted by Gasteiger charge is 2.40. The number of hydrogen-bond acceptors (Lipinski definition) is 6. The van der Waals surface area contributed by atoms with Gasteiger partial charge in [0, 0.05) is 17.0 Å². The summed E-state index contributed by atoms with van der Waals surface area (Å²) in [5, 5.41) is 20.8. The van der Waals surface area contributed by atoms with E-state index in [0.717, 1.165) is 18.4 Å². The Hall–Kier alpha value is -2.42. The highest BCUT2D eigenvalue weighted by Crippen LogP contribution is 2.27. The van der Waals surface area contributed by atoms with Crippen LogP contribution in [-0.4, -0.2) is 36.8 Å². The Morgan fingerprint density at radius 2 is 1.89 bits per heavy atom. The lowest BCUT2D eigenvalue weighted by Gasteiger charge is -2.11. The predicted octanol–water partition coefficient (Wildman–Crippen LogP) is 2.10. The van der Waals surface area contributed by atoms with Crippen LogP contribution in [0.25, 0.3) is 0 Å². The van der Waals surface area contributed by atoms with Crippen molar-refractivity contribution < 1.29 is 24.1 Å². The van der Waals surface area contributed by atoms with Crippen LogP contribution in [0.4, 0.5) is 0 Å². The van der Waals surface area contributed by atoms with E-state index in [2.05, 4.69) is 0 Å². The molecule has 0 spiro atoms. The zero-order valence-corrected chi connectivity index (χ0v) is 15.0. The van der Waals surface area contributed by atoms with Crippen LogP contribution < -0.4 is 10.2 Å². The van der Waals surface area contributed by atoms with E-state index in [-0.39, 0.29) is 6.54 Å². The van der Waals surface area contributed by atoms with Crippen molar-refractivity contribution in [1.82, 2.24) is 0 Å². The smallest absolute Gasteiger partial charge is 0.494 e. The maximum absolute atomic E-state index is 10.7. The molecule has 2 aromatic rings. The SMILES string of the molecule is O=[N+]([O-])CC1OB(O)c2c(OCCCCOCc3ccccc3)cccc21. The van der Waals surface area contributed by atoms with Crippen LogP contribution in [0.3, 0.4) is 0 Å². The average Bonchev–Trinajstić information content (AvgIpc) is 2.97. The number of rotatable bonds is 10. The molecule has 1 atom stereocenters. The molecule has 7 nitrogen and oxygen atoms in total. The molecule has 0 fully saturated rings. The summed E-state index contributed by atoms with van der Waals surface area (Å²) >= 11 is 0. The Morgan fingerprint density at radius 1 is 1.11 bits per heavy atom. The van der Waals surface area contributed by atoms with Crippen LogP contribution in [0.15, 0.2) is 48.5 Å². The van der Waals surface area contributed by atoms with E-state index >= 15 is 0 Å². The number of nitro groups is 1. The average molecular weight is 371 g/mol. The first kappa shape index (κ1) is 19.3. The van der Waals surface area contributed by atoms with Crippen molar-refractivity contribution in [3.63, 3.8) is 0 Å². The molecule has 142 valence electrons. The molecule has 1 aliphatic rings. The lowest BCUT2D eigenvalue weighted by atomic mass is 9.78. The second-order valence-electron chi connectivity index (χ2n) is 6.35. The second kappa shape index (κ2) is 9.50. The summed E-state index contributed by atoms with van der Waals surface area (Å²) in [6, 6.07) is 15.2. The van der Waals surface area contributed by atoms with Gasteiger partial charge in [0.2, 0.25) is 6.54 Å². The third-order valence-electron chi connectivity index (χ3n) is 4.35. The second-order valence-corrected chi connectivity index (χ2v) is 6.35. The third-order valence-corrected chi connectivity index (χ3v) is 4.35. The van der Waals surface area contributed by atoms with E-state index in [0.29, 0.717) is 36.6 Å². The van der Waals surface area contributed by atoms with Gasteiger partial charge in [-0.15, -0.1) is 0 Å². The van der Waals surface area contributed by atoms with Crippen molar-refractivity contribution in [1.29, 1.82) is 0 Å². The summed E-state index contributed by atoms with van der Waals surface area (Å²) in [7, 11) is -1.20. The number of benzene rings is 2. The molecule has 1 N–H and O–H groups in total. The van der Waals surface area contributed by atoms with E-state index in [1.54, 1.807) is 18.2 Å². The number of hydrogen-bond donors (Lipinski definition) is 1. The quantitative estimate of drug-likeness (QED) is 0.298. The number of ether oxygens (including phenoxy) is 2. The molecule has 0 bridgehead atoms. The van der Waals surface area contributed by atoms with Gasteiger partial charge in [0.05, 0.1) is 13.2 Å². The fourth-order valence-corrected chi connectivity index (χ4v) is 3.06. The maximum Gasteiger partial charge on any atom is 0.496 e. The molecule has 0 aliphatic carbocycles. The largest absolute Gasteiger partial charge is 0.496 e. The number of fused-ring (bicyclic) bond motifs is 1. The molecule has 1 heterocycles. The molecule has 0 aromatic heterocycles. The van der Waals surface area contributed by atoms with Crippen LogP contribution in [0.5, 0.6) is 5.75 Å². The first-order chi connectivity index (χ1) is 13.1. The Kier molecular flexibility index (Phi) is 6.81. The molecular weight excluding hydrogens is 349 g/mol. The van der Waals surface area contributed by atoms with Crippen LogP contribution in [-0.2, 0) is 16.0 Å². The molecule has 0 saturated carbocycles. The first-order valence-corrected chi connectivity index (χ1v) is 8.97. The normalized spacial score (nSPS) is 15.6. The Morgan fingerprint density at radius 3 is 2.67 bits per heavy atom. The fourth-order valence-electron chi connectivity index (χ4n) is 3.06. The van der Waals surface area contributed by atoms with Crippen molar-refractivity contribution in [2.45, 2.75) is 25.6 Å². The van der Waals surface area contributed by atoms with E-state index in [4.69, 9.17) is 14.1 Å². The Balaban J connectivity index is 1.43. The highest BCUT2D eigenvalue weighted by molar-refractivity contribution is 6.62. The predicted molar refractivity (Wildman–Crippen MR) is 101 cm³/mol. The van der Waals surface area contributed by atoms with Gasteiger partial charge >= 0.3 is 7.12 Å². The summed E-state index contributed by atoms with van der Waals surface area (Å²) < 4.78 is 16.7. The molecule has 1 unspecified atom stereocenters. The summed E-state index contributed by atoms with van der Waals surface area (Å²) in [6.45, 7) is 1.32. The van der Waals surface area contributed by atoms with Crippen molar-refractivity contribution >= 4 is 12.6 Å². The minimum Gasteiger partial charge on any atom is -0.494 e. The monoisotopic (exact) mass is 371 g/mol.